The molecule has 3 rings (SSSR count). The summed E-state index contributed by atoms with van der Waals surface area (Å²) in [6, 6.07) is 6.89. The number of benzene rings is 1. The smallest absolute Gasteiger partial charge is 0.130 e. The molecular weight excluding hydrogens is 268 g/mol. The molecule has 1 aromatic carbocycles. The van der Waals surface area contributed by atoms with Crippen LogP contribution in [0.5, 0.6) is 5.75 Å². The standard InChI is InChI=1S/C21H28O/c1-6-11-21(4,5)16-8-10-18-19-12-14(2)7-9-17(19)15(3)22-20(18)13-16/h7-8,10,13,17,19H,3,6,9,11-12H2,1-2,4-5H3. The van der Waals surface area contributed by atoms with Crippen LogP contribution in [0.15, 0.2) is 42.2 Å². The highest BCUT2D eigenvalue weighted by Crippen LogP contribution is 2.49. The van der Waals surface area contributed by atoms with Crippen molar-refractivity contribution in [2.75, 3.05) is 0 Å². The predicted octanol–water partition coefficient (Wildman–Crippen LogP) is 6.11. The van der Waals surface area contributed by atoms with Crippen molar-refractivity contribution >= 4 is 0 Å². The molecule has 0 radical (unpaired) electrons. The van der Waals surface area contributed by atoms with Crippen LogP contribution in [-0.4, -0.2) is 0 Å². The summed E-state index contributed by atoms with van der Waals surface area (Å²) in [6.07, 6.45) is 6.95. The second-order valence-corrected chi connectivity index (χ2v) is 7.66. The Hall–Kier alpha value is -1.50. The first-order valence-electron chi connectivity index (χ1n) is 8.59. The van der Waals surface area contributed by atoms with Crippen LogP contribution in [0.4, 0.5) is 0 Å². The van der Waals surface area contributed by atoms with Crippen LogP contribution in [0.25, 0.3) is 0 Å². The normalized spacial score (nSPS) is 24.2. The lowest BCUT2D eigenvalue weighted by molar-refractivity contribution is 0.271. The van der Waals surface area contributed by atoms with E-state index >= 15 is 0 Å². The first kappa shape index (κ1) is 15.4. The van der Waals surface area contributed by atoms with Gasteiger partial charge in [-0.05, 0) is 48.8 Å². The largest absolute Gasteiger partial charge is 0.462 e. The van der Waals surface area contributed by atoms with Crippen molar-refractivity contribution in [3.05, 3.63) is 53.3 Å². The molecule has 2 unspecified atom stereocenters. The maximum Gasteiger partial charge on any atom is 0.130 e. The van der Waals surface area contributed by atoms with Crippen LogP contribution >= 0.6 is 0 Å². The molecule has 0 spiro atoms. The zero-order valence-electron chi connectivity index (χ0n) is 14.4. The van der Waals surface area contributed by atoms with Gasteiger partial charge in [-0.1, -0.05) is 57.6 Å². The van der Waals surface area contributed by atoms with Crippen LogP contribution in [0.1, 0.15) is 70.4 Å². The SMILES string of the molecule is C=C1Oc2cc(C(C)(C)CCC)ccc2C2CC(C)=CCC12. The summed E-state index contributed by atoms with van der Waals surface area (Å²) in [5.74, 6) is 2.99. The highest BCUT2D eigenvalue weighted by molar-refractivity contribution is 5.47. The van der Waals surface area contributed by atoms with Crippen molar-refractivity contribution in [2.24, 2.45) is 5.92 Å². The Bertz CT molecular complexity index is 621. The average molecular weight is 296 g/mol. The summed E-state index contributed by atoms with van der Waals surface area (Å²) >= 11 is 0. The van der Waals surface area contributed by atoms with Gasteiger partial charge in [0, 0.05) is 11.8 Å². The third kappa shape index (κ3) is 2.62. The molecule has 2 aliphatic rings. The topological polar surface area (TPSA) is 9.23 Å². The van der Waals surface area contributed by atoms with Crippen LogP contribution < -0.4 is 4.74 Å². The summed E-state index contributed by atoms with van der Waals surface area (Å²) in [6.45, 7) is 13.3. The summed E-state index contributed by atoms with van der Waals surface area (Å²) in [5, 5.41) is 0. The molecule has 0 amide bonds. The molecule has 0 aromatic heterocycles. The Kier molecular flexibility index (Phi) is 3.92. The maximum absolute atomic E-state index is 6.13. The first-order valence-corrected chi connectivity index (χ1v) is 8.59. The number of rotatable bonds is 3. The van der Waals surface area contributed by atoms with Crippen LogP contribution in [0.3, 0.4) is 0 Å². The molecule has 2 atom stereocenters. The van der Waals surface area contributed by atoms with Gasteiger partial charge in [0.1, 0.15) is 11.5 Å². The Morgan fingerprint density at radius 1 is 1.27 bits per heavy atom. The minimum Gasteiger partial charge on any atom is -0.462 e. The highest BCUT2D eigenvalue weighted by atomic mass is 16.5. The molecule has 1 aliphatic carbocycles. The van der Waals surface area contributed by atoms with Crippen molar-refractivity contribution < 1.29 is 4.74 Å². The van der Waals surface area contributed by atoms with Crippen molar-refractivity contribution in [1.82, 2.24) is 0 Å². The molecule has 22 heavy (non-hydrogen) atoms. The van der Waals surface area contributed by atoms with E-state index in [1.807, 2.05) is 0 Å². The molecule has 0 saturated carbocycles. The number of hydrogen-bond donors (Lipinski definition) is 0. The van der Waals surface area contributed by atoms with Crippen molar-refractivity contribution in [1.29, 1.82) is 0 Å². The Balaban J connectivity index is 1.99. The van der Waals surface area contributed by atoms with Crippen LogP contribution in [0, 0.1) is 5.92 Å². The minimum absolute atomic E-state index is 0.202. The third-order valence-corrected chi connectivity index (χ3v) is 5.47. The summed E-state index contributed by atoms with van der Waals surface area (Å²) in [4.78, 5) is 0. The van der Waals surface area contributed by atoms with Gasteiger partial charge in [-0.15, -0.1) is 0 Å². The number of hydrogen-bond acceptors (Lipinski definition) is 1. The number of allylic oxidation sites excluding steroid dienone is 3. The van der Waals surface area contributed by atoms with E-state index in [0.29, 0.717) is 11.8 Å². The van der Waals surface area contributed by atoms with Gasteiger partial charge >= 0.3 is 0 Å². The zero-order valence-corrected chi connectivity index (χ0v) is 14.4. The van der Waals surface area contributed by atoms with Crippen LogP contribution in [0.2, 0.25) is 0 Å². The predicted molar refractivity (Wildman–Crippen MR) is 93.4 cm³/mol. The van der Waals surface area contributed by atoms with Crippen LogP contribution in [-0.2, 0) is 5.41 Å². The molecule has 1 heteroatoms. The molecule has 0 fully saturated rings. The molecule has 118 valence electrons. The van der Waals surface area contributed by atoms with Gasteiger partial charge in [0.2, 0.25) is 0 Å². The van der Waals surface area contributed by atoms with E-state index in [2.05, 4.69) is 58.5 Å². The van der Waals surface area contributed by atoms with E-state index in [0.717, 1.165) is 24.4 Å². The molecular formula is C21H28O. The average Bonchev–Trinajstić information content (AvgIpc) is 2.46. The van der Waals surface area contributed by atoms with Gasteiger partial charge < -0.3 is 4.74 Å². The number of fused-ring (bicyclic) bond motifs is 3. The quantitative estimate of drug-likeness (QED) is 0.611. The molecule has 0 N–H and O–H groups in total. The fourth-order valence-corrected chi connectivity index (χ4v) is 4.08. The van der Waals surface area contributed by atoms with Crippen molar-refractivity contribution in [3.8, 4) is 5.75 Å². The summed E-state index contributed by atoms with van der Waals surface area (Å²) in [5.41, 5.74) is 4.45. The Labute approximate surface area is 135 Å². The van der Waals surface area contributed by atoms with E-state index < -0.39 is 0 Å². The minimum atomic E-state index is 0.202. The molecule has 1 aromatic rings. The third-order valence-electron chi connectivity index (χ3n) is 5.47. The lowest BCUT2D eigenvalue weighted by Gasteiger charge is -2.38. The lowest BCUT2D eigenvalue weighted by Crippen LogP contribution is -2.26. The molecule has 1 aliphatic heterocycles. The monoisotopic (exact) mass is 296 g/mol. The highest BCUT2D eigenvalue weighted by Gasteiger charge is 2.36. The summed E-state index contributed by atoms with van der Waals surface area (Å²) < 4.78 is 6.13. The lowest BCUT2D eigenvalue weighted by atomic mass is 9.72. The second kappa shape index (κ2) is 5.61. The van der Waals surface area contributed by atoms with Gasteiger partial charge in [-0.25, -0.2) is 0 Å². The van der Waals surface area contributed by atoms with E-state index in [1.54, 1.807) is 0 Å². The van der Waals surface area contributed by atoms with Gasteiger partial charge in [0.05, 0.1) is 0 Å². The first-order chi connectivity index (χ1) is 10.4. The number of ether oxygens (including phenoxy) is 1. The zero-order chi connectivity index (χ0) is 15.9. The Morgan fingerprint density at radius 2 is 2.05 bits per heavy atom. The molecule has 1 nitrogen and oxygen atoms in total. The van der Waals surface area contributed by atoms with Gasteiger partial charge in [0.25, 0.3) is 0 Å². The van der Waals surface area contributed by atoms with E-state index in [4.69, 9.17) is 4.74 Å². The van der Waals surface area contributed by atoms with E-state index in [-0.39, 0.29) is 5.41 Å². The van der Waals surface area contributed by atoms with Gasteiger partial charge in [-0.2, -0.15) is 0 Å². The van der Waals surface area contributed by atoms with Crippen molar-refractivity contribution in [3.63, 3.8) is 0 Å². The van der Waals surface area contributed by atoms with Gasteiger partial charge in [-0.3, -0.25) is 0 Å². The second-order valence-electron chi connectivity index (χ2n) is 7.66. The van der Waals surface area contributed by atoms with Gasteiger partial charge in [0.15, 0.2) is 0 Å². The molecule has 0 saturated heterocycles. The van der Waals surface area contributed by atoms with Crippen molar-refractivity contribution in [2.45, 2.75) is 64.7 Å². The maximum atomic E-state index is 6.13. The molecule has 0 bridgehead atoms. The summed E-state index contributed by atoms with van der Waals surface area (Å²) in [7, 11) is 0. The fraction of sp³-hybridized carbons (Fsp3) is 0.524. The Morgan fingerprint density at radius 3 is 2.77 bits per heavy atom. The van der Waals surface area contributed by atoms with E-state index in [1.165, 1.54) is 29.5 Å². The molecule has 1 heterocycles. The van der Waals surface area contributed by atoms with E-state index in [9.17, 15) is 0 Å². The fourth-order valence-electron chi connectivity index (χ4n) is 4.08.